The maximum Gasteiger partial charge on any atom is 0.478 e. The molecule has 0 aromatic carbocycles. The molecule has 2 N–H and O–H groups in total. The SMILES string of the molecule is CC1(C)C2C[C@@H]1[C@H]1OB(C3(N)CC3)O[C@@]1(C)C2. The summed E-state index contributed by atoms with van der Waals surface area (Å²) in [7, 11) is -0.146. The number of hydrogen-bond donors (Lipinski definition) is 1. The molecular formula is C13H22BNO2. The minimum absolute atomic E-state index is 0.0667. The predicted octanol–water partition coefficient (Wildman–Crippen LogP) is 1.75. The van der Waals surface area contributed by atoms with Gasteiger partial charge in [-0.1, -0.05) is 13.8 Å². The average molecular weight is 235 g/mol. The van der Waals surface area contributed by atoms with E-state index in [9.17, 15) is 0 Å². The standard InChI is InChI=1S/C13H22BNO2/c1-11(2)8-6-9(11)10-12(3,7-8)17-14(16-10)13(15)4-5-13/h8-10H,4-7,15H2,1-3H3/t8?,9-,10-,12+/m1/s1. The van der Waals surface area contributed by atoms with Gasteiger partial charge in [0, 0.05) is 0 Å². The summed E-state index contributed by atoms with van der Waals surface area (Å²) in [5.41, 5.74) is 6.44. The molecule has 2 bridgehead atoms. The topological polar surface area (TPSA) is 44.5 Å². The van der Waals surface area contributed by atoms with Crippen molar-refractivity contribution in [1.29, 1.82) is 0 Å². The van der Waals surface area contributed by atoms with Gasteiger partial charge in [-0.3, -0.25) is 0 Å². The maximum atomic E-state index is 6.24. The molecule has 0 aromatic heterocycles. The molecule has 1 unspecified atom stereocenters. The predicted molar refractivity (Wildman–Crippen MR) is 66.3 cm³/mol. The Bertz CT molecular complexity index is 382. The van der Waals surface area contributed by atoms with E-state index in [1.54, 1.807) is 0 Å². The molecular weight excluding hydrogens is 213 g/mol. The summed E-state index contributed by atoms with van der Waals surface area (Å²) >= 11 is 0. The van der Waals surface area contributed by atoms with Crippen LogP contribution in [-0.2, 0) is 9.31 Å². The molecule has 0 aromatic rings. The summed E-state index contributed by atoms with van der Waals surface area (Å²) in [4.78, 5) is 0. The number of nitrogens with two attached hydrogens (primary N) is 1. The van der Waals surface area contributed by atoms with Gasteiger partial charge in [0.25, 0.3) is 0 Å². The highest BCUT2D eigenvalue weighted by molar-refractivity contribution is 6.50. The third-order valence-corrected chi connectivity index (χ3v) is 6.11. The first-order valence-corrected chi connectivity index (χ1v) is 6.97. The van der Waals surface area contributed by atoms with Crippen LogP contribution in [0.2, 0.25) is 0 Å². The van der Waals surface area contributed by atoms with Gasteiger partial charge in [0.15, 0.2) is 0 Å². The van der Waals surface area contributed by atoms with Crippen molar-refractivity contribution in [2.24, 2.45) is 23.0 Å². The van der Waals surface area contributed by atoms with E-state index < -0.39 is 0 Å². The zero-order valence-electron chi connectivity index (χ0n) is 11.0. The first-order chi connectivity index (χ1) is 7.85. The van der Waals surface area contributed by atoms with E-state index in [1.165, 1.54) is 6.42 Å². The van der Waals surface area contributed by atoms with E-state index in [0.717, 1.165) is 25.2 Å². The number of hydrogen-bond acceptors (Lipinski definition) is 3. The lowest BCUT2D eigenvalue weighted by molar-refractivity contribution is -0.185. The summed E-state index contributed by atoms with van der Waals surface area (Å²) in [5, 5.41) is 0. The minimum Gasteiger partial charge on any atom is -0.404 e. The highest BCUT2D eigenvalue weighted by atomic mass is 16.7. The van der Waals surface area contributed by atoms with Gasteiger partial charge in [-0.05, 0) is 49.9 Å². The smallest absolute Gasteiger partial charge is 0.404 e. The van der Waals surface area contributed by atoms with Crippen LogP contribution in [0.25, 0.3) is 0 Å². The third-order valence-electron chi connectivity index (χ3n) is 6.11. The summed E-state index contributed by atoms with van der Waals surface area (Å²) < 4.78 is 12.5. The summed E-state index contributed by atoms with van der Waals surface area (Å²) in [6.07, 6.45) is 4.85. The lowest BCUT2D eigenvalue weighted by Crippen LogP contribution is -2.63. The minimum atomic E-state index is -0.172. The zero-order chi connectivity index (χ0) is 12.1. The van der Waals surface area contributed by atoms with Crippen LogP contribution in [0.3, 0.4) is 0 Å². The summed E-state index contributed by atoms with van der Waals surface area (Å²) in [6.45, 7) is 7.01. The van der Waals surface area contributed by atoms with Crippen LogP contribution < -0.4 is 5.73 Å². The van der Waals surface area contributed by atoms with Gasteiger partial charge in [0.2, 0.25) is 0 Å². The van der Waals surface area contributed by atoms with E-state index in [4.69, 9.17) is 15.0 Å². The van der Waals surface area contributed by atoms with Crippen molar-refractivity contribution in [2.75, 3.05) is 0 Å². The molecule has 0 amide bonds. The largest absolute Gasteiger partial charge is 0.478 e. The van der Waals surface area contributed by atoms with Crippen LogP contribution in [0.15, 0.2) is 0 Å². The molecule has 1 saturated heterocycles. The van der Waals surface area contributed by atoms with Crippen LogP contribution >= 0.6 is 0 Å². The van der Waals surface area contributed by atoms with Crippen LogP contribution in [0.5, 0.6) is 0 Å². The molecule has 4 aliphatic carbocycles. The molecule has 4 saturated carbocycles. The molecule has 0 radical (unpaired) electrons. The Kier molecular flexibility index (Phi) is 1.76. The lowest BCUT2D eigenvalue weighted by Gasteiger charge is -2.63. The highest BCUT2D eigenvalue weighted by Crippen LogP contribution is 2.65. The molecule has 4 heteroatoms. The van der Waals surface area contributed by atoms with Crippen molar-refractivity contribution in [3.8, 4) is 0 Å². The van der Waals surface area contributed by atoms with E-state index in [2.05, 4.69) is 20.8 Å². The quantitative estimate of drug-likeness (QED) is 0.704. The molecule has 1 heterocycles. The van der Waals surface area contributed by atoms with E-state index in [0.29, 0.717) is 11.3 Å². The van der Waals surface area contributed by atoms with E-state index in [-0.39, 0.29) is 24.3 Å². The van der Waals surface area contributed by atoms with Crippen molar-refractivity contribution in [3.05, 3.63) is 0 Å². The molecule has 1 aliphatic heterocycles. The molecule has 0 spiro atoms. The normalized spacial score (nSPS) is 52.9. The van der Waals surface area contributed by atoms with Gasteiger partial charge in [-0.2, -0.15) is 0 Å². The van der Waals surface area contributed by atoms with Crippen molar-refractivity contribution >= 4 is 7.12 Å². The highest BCUT2D eigenvalue weighted by Gasteiger charge is 2.70. The summed E-state index contributed by atoms with van der Waals surface area (Å²) in [5.74, 6) is 1.47. The van der Waals surface area contributed by atoms with Crippen LogP contribution in [0.4, 0.5) is 0 Å². The Morgan fingerprint density at radius 3 is 2.53 bits per heavy atom. The fraction of sp³-hybridized carbons (Fsp3) is 1.00. The van der Waals surface area contributed by atoms with Gasteiger partial charge < -0.3 is 15.0 Å². The summed E-state index contributed by atoms with van der Waals surface area (Å²) in [6, 6.07) is 0. The maximum absolute atomic E-state index is 6.24. The fourth-order valence-electron chi connectivity index (χ4n) is 4.34. The molecule has 3 nitrogen and oxygen atoms in total. The Morgan fingerprint density at radius 1 is 1.24 bits per heavy atom. The first kappa shape index (κ1) is 10.8. The van der Waals surface area contributed by atoms with E-state index in [1.807, 2.05) is 0 Å². The molecule has 5 fully saturated rings. The van der Waals surface area contributed by atoms with Crippen molar-refractivity contribution in [1.82, 2.24) is 0 Å². The molecule has 17 heavy (non-hydrogen) atoms. The van der Waals surface area contributed by atoms with E-state index >= 15 is 0 Å². The Balaban J connectivity index is 1.63. The Hall–Kier alpha value is -0.0551. The number of rotatable bonds is 1. The fourth-order valence-corrected chi connectivity index (χ4v) is 4.34. The van der Waals surface area contributed by atoms with Crippen LogP contribution in [0.1, 0.15) is 46.5 Å². The van der Waals surface area contributed by atoms with Crippen molar-refractivity contribution in [3.63, 3.8) is 0 Å². The lowest BCUT2D eigenvalue weighted by atomic mass is 9.45. The van der Waals surface area contributed by atoms with Gasteiger partial charge in [-0.15, -0.1) is 0 Å². The molecule has 5 aliphatic rings. The second-order valence-corrected chi connectivity index (χ2v) is 7.62. The van der Waals surface area contributed by atoms with Crippen molar-refractivity contribution in [2.45, 2.75) is 63.6 Å². The monoisotopic (exact) mass is 235 g/mol. The Morgan fingerprint density at radius 2 is 1.94 bits per heavy atom. The molecule has 5 rings (SSSR count). The average Bonchev–Trinajstić information content (AvgIpc) is 2.89. The van der Waals surface area contributed by atoms with Gasteiger partial charge in [-0.25, -0.2) is 0 Å². The molecule has 4 atom stereocenters. The van der Waals surface area contributed by atoms with Gasteiger partial charge in [0.05, 0.1) is 17.1 Å². The third kappa shape index (κ3) is 1.19. The second-order valence-electron chi connectivity index (χ2n) is 7.62. The Labute approximate surface area is 104 Å². The van der Waals surface area contributed by atoms with Crippen LogP contribution in [0, 0.1) is 17.3 Å². The first-order valence-electron chi connectivity index (χ1n) is 6.97. The van der Waals surface area contributed by atoms with Crippen LogP contribution in [-0.4, -0.2) is 24.3 Å². The van der Waals surface area contributed by atoms with Gasteiger partial charge in [0.1, 0.15) is 0 Å². The second kappa shape index (κ2) is 2.76. The molecule has 94 valence electrons. The zero-order valence-corrected chi connectivity index (χ0v) is 11.0. The van der Waals surface area contributed by atoms with Gasteiger partial charge >= 0.3 is 7.12 Å². The van der Waals surface area contributed by atoms with Crippen molar-refractivity contribution < 1.29 is 9.31 Å².